The average Bonchev–Trinajstić information content (AvgIpc) is 2.88. The van der Waals surface area contributed by atoms with E-state index in [0.717, 1.165) is 24.4 Å². The molecule has 1 aromatic carbocycles. The fourth-order valence-corrected chi connectivity index (χ4v) is 2.94. The first kappa shape index (κ1) is 13.8. The Morgan fingerprint density at radius 1 is 1.37 bits per heavy atom. The molecule has 1 fully saturated rings. The Labute approximate surface area is 114 Å². The zero-order valence-corrected chi connectivity index (χ0v) is 11.5. The highest BCUT2D eigenvalue weighted by Crippen LogP contribution is 2.30. The molecule has 0 bridgehead atoms. The third-order valence-corrected chi connectivity index (χ3v) is 4.01. The van der Waals surface area contributed by atoms with Crippen LogP contribution in [0.1, 0.15) is 44.1 Å². The molecule has 0 aliphatic heterocycles. The SMILES string of the molecule is Cc1cccc([N+](=O)[O-])c1NCCCC1CCCC1. The lowest BCUT2D eigenvalue weighted by Crippen LogP contribution is -2.07. The van der Waals surface area contributed by atoms with E-state index in [1.54, 1.807) is 12.1 Å². The van der Waals surface area contributed by atoms with Crippen LogP contribution in [0.5, 0.6) is 0 Å². The zero-order valence-electron chi connectivity index (χ0n) is 11.5. The summed E-state index contributed by atoms with van der Waals surface area (Å²) in [5.74, 6) is 0.883. The summed E-state index contributed by atoms with van der Waals surface area (Å²) in [7, 11) is 0. The largest absolute Gasteiger partial charge is 0.379 e. The second-order valence-corrected chi connectivity index (χ2v) is 5.45. The summed E-state index contributed by atoms with van der Waals surface area (Å²) >= 11 is 0. The van der Waals surface area contributed by atoms with Crippen LogP contribution in [0, 0.1) is 23.0 Å². The highest BCUT2D eigenvalue weighted by molar-refractivity contribution is 5.65. The molecule has 0 aromatic heterocycles. The first-order chi connectivity index (χ1) is 9.18. The normalized spacial score (nSPS) is 15.6. The van der Waals surface area contributed by atoms with Crippen molar-refractivity contribution in [2.45, 2.75) is 45.4 Å². The molecule has 0 spiro atoms. The predicted molar refractivity (Wildman–Crippen MR) is 77.5 cm³/mol. The van der Waals surface area contributed by atoms with Crippen molar-refractivity contribution in [3.8, 4) is 0 Å². The lowest BCUT2D eigenvalue weighted by molar-refractivity contribution is -0.384. The van der Waals surface area contributed by atoms with Gasteiger partial charge in [-0.3, -0.25) is 10.1 Å². The maximum atomic E-state index is 11.0. The monoisotopic (exact) mass is 262 g/mol. The maximum Gasteiger partial charge on any atom is 0.292 e. The number of nitrogens with one attached hydrogen (secondary N) is 1. The Kier molecular flexibility index (Phi) is 4.77. The molecule has 1 saturated carbocycles. The molecule has 2 rings (SSSR count). The molecule has 1 aliphatic rings. The quantitative estimate of drug-likeness (QED) is 0.473. The van der Waals surface area contributed by atoms with E-state index in [4.69, 9.17) is 0 Å². The van der Waals surface area contributed by atoms with Crippen LogP contribution in [0.3, 0.4) is 0 Å². The van der Waals surface area contributed by atoms with E-state index in [1.807, 2.05) is 13.0 Å². The number of nitrogens with zero attached hydrogens (tertiary/aromatic N) is 1. The minimum atomic E-state index is -0.313. The van der Waals surface area contributed by atoms with Crippen molar-refractivity contribution in [1.82, 2.24) is 0 Å². The second-order valence-electron chi connectivity index (χ2n) is 5.45. The van der Waals surface area contributed by atoms with Gasteiger partial charge in [-0.2, -0.15) is 0 Å². The van der Waals surface area contributed by atoms with Gasteiger partial charge >= 0.3 is 0 Å². The van der Waals surface area contributed by atoms with Gasteiger partial charge in [0, 0.05) is 12.6 Å². The highest BCUT2D eigenvalue weighted by Gasteiger charge is 2.16. The Morgan fingerprint density at radius 2 is 2.11 bits per heavy atom. The number of para-hydroxylation sites is 1. The van der Waals surface area contributed by atoms with Crippen molar-refractivity contribution < 1.29 is 4.92 Å². The molecule has 0 radical (unpaired) electrons. The summed E-state index contributed by atoms with van der Waals surface area (Å²) in [5.41, 5.74) is 1.80. The number of nitro groups is 1. The van der Waals surface area contributed by atoms with Crippen LogP contribution >= 0.6 is 0 Å². The molecule has 19 heavy (non-hydrogen) atoms. The van der Waals surface area contributed by atoms with Crippen molar-refractivity contribution in [2.24, 2.45) is 5.92 Å². The number of nitro benzene ring substituents is 1. The van der Waals surface area contributed by atoms with E-state index in [0.29, 0.717) is 5.69 Å². The van der Waals surface area contributed by atoms with Crippen LogP contribution in [-0.2, 0) is 0 Å². The van der Waals surface area contributed by atoms with Crippen LogP contribution in [0.4, 0.5) is 11.4 Å². The molecule has 1 aromatic rings. The number of anilines is 1. The molecule has 1 N–H and O–H groups in total. The smallest absolute Gasteiger partial charge is 0.292 e. The predicted octanol–water partition coefficient (Wildman–Crippen LogP) is 4.29. The van der Waals surface area contributed by atoms with Gasteiger partial charge < -0.3 is 5.32 Å². The Balaban J connectivity index is 1.86. The average molecular weight is 262 g/mol. The first-order valence-corrected chi connectivity index (χ1v) is 7.16. The number of benzene rings is 1. The van der Waals surface area contributed by atoms with Gasteiger partial charge in [-0.15, -0.1) is 0 Å². The van der Waals surface area contributed by atoms with Crippen molar-refractivity contribution in [3.05, 3.63) is 33.9 Å². The Hall–Kier alpha value is -1.58. The van der Waals surface area contributed by atoms with Crippen LogP contribution in [0.15, 0.2) is 18.2 Å². The summed E-state index contributed by atoms with van der Waals surface area (Å²) in [4.78, 5) is 10.7. The lowest BCUT2D eigenvalue weighted by atomic mass is 10.0. The Morgan fingerprint density at radius 3 is 2.79 bits per heavy atom. The maximum absolute atomic E-state index is 11.0. The van der Waals surface area contributed by atoms with E-state index >= 15 is 0 Å². The van der Waals surface area contributed by atoms with Gasteiger partial charge in [-0.05, 0) is 31.2 Å². The van der Waals surface area contributed by atoms with E-state index < -0.39 is 0 Å². The molecular formula is C15H22N2O2. The second kappa shape index (κ2) is 6.55. The fraction of sp³-hybridized carbons (Fsp3) is 0.600. The van der Waals surface area contributed by atoms with Gasteiger partial charge in [0.1, 0.15) is 5.69 Å². The topological polar surface area (TPSA) is 55.2 Å². The van der Waals surface area contributed by atoms with Gasteiger partial charge in [0.15, 0.2) is 0 Å². The van der Waals surface area contributed by atoms with Gasteiger partial charge in [-0.25, -0.2) is 0 Å². The van der Waals surface area contributed by atoms with Crippen molar-refractivity contribution in [2.75, 3.05) is 11.9 Å². The number of rotatable bonds is 6. The van der Waals surface area contributed by atoms with Crippen molar-refractivity contribution >= 4 is 11.4 Å². The number of hydrogen-bond acceptors (Lipinski definition) is 3. The fourth-order valence-electron chi connectivity index (χ4n) is 2.94. The number of aryl methyl sites for hydroxylation is 1. The molecule has 0 amide bonds. The van der Waals surface area contributed by atoms with Crippen LogP contribution < -0.4 is 5.32 Å². The molecular weight excluding hydrogens is 240 g/mol. The highest BCUT2D eigenvalue weighted by atomic mass is 16.6. The zero-order chi connectivity index (χ0) is 13.7. The third-order valence-electron chi connectivity index (χ3n) is 4.01. The van der Waals surface area contributed by atoms with Crippen LogP contribution in [0.2, 0.25) is 0 Å². The van der Waals surface area contributed by atoms with E-state index in [-0.39, 0.29) is 10.6 Å². The van der Waals surface area contributed by atoms with Gasteiger partial charge in [0.25, 0.3) is 5.69 Å². The minimum absolute atomic E-state index is 0.181. The molecule has 4 nitrogen and oxygen atoms in total. The third kappa shape index (κ3) is 3.69. The lowest BCUT2D eigenvalue weighted by Gasteiger charge is -2.12. The van der Waals surface area contributed by atoms with Crippen LogP contribution in [-0.4, -0.2) is 11.5 Å². The summed E-state index contributed by atoms with van der Waals surface area (Å²) in [6.45, 7) is 2.73. The summed E-state index contributed by atoms with van der Waals surface area (Å²) in [5, 5.41) is 14.2. The van der Waals surface area contributed by atoms with Gasteiger partial charge in [0.2, 0.25) is 0 Å². The molecule has 0 heterocycles. The molecule has 104 valence electrons. The van der Waals surface area contributed by atoms with Crippen molar-refractivity contribution in [1.29, 1.82) is 0 Å². The number of hydrogen-bond donors (Lipinski definition) is 1. The molecule has 0 atom stereocenters. The van der Waals surface area contributed by atoms with Gasteiger partial charge in [-0.1, -0.05) is 37.8 Å². The van der Waals surface area contributed by atoms with E-state index in [1.165, 1.54) is 32.1 Å². The molecule has 4 heteroatoms. The van der Waals surface area contributed by atoms with E-state index in [2.05, 4.69) is 5.32 Å². The molecule has 0 saturated heterocycles. The molecule has 1 aliphatic carbocycles. The standard InChI is InChI=1S/C15H22N2O2/c1-12-6-4-10-14(17(18)19)15(12)16-11-5-9-13-7-2-3-8-13/h4,6,10,13,16H,2-3,5,7-9,11H2,1H3. The summed E-state index contributed by atoms with van der Waals surface area (Å²) in [6.07, 6.45) is 7.82. The molecule has 0 unspecified atom stereocenters. The summed E-state index contributed by atoms with van der Waals surface area (Å²) in [6, 6.07) is 5.20. The van der Waals surface area contributed by atoms with Gasteiger partial charge in [0.05, 0.1) is 4.92 Å². The van der Waals surface area contributed by atoms with Crippen molar-refractivity contribution in [3.63, 3.8) is 0 Å². The Bertz CT molecular complexity index is 440. The van der Waals surface area contributed by atoms with E-state index in [9.17, 15) is 10.1 Å². The minimum Gasteiger partial charge on any atom is -0.379 e. The summed E-state index contributed by atoms with van der Waals surface area (Å²) < 4.78 is 0. The first-order valence-electron chi connectivity index (χ1n) is 7.16. The van der Waals surface area contributed by atoms with Crippen LogP contribution in [0.25, 0.3) is 0 Å².